The normalized spacial score (nSPS) is 11.2. The van der Waals surface area contributed by atoms with E-state index in [0.29, 0.717) is 23.7 Å². The van der Waals surface area contributed by atoms with Crippen molar-refractivity contribution in [3.05, 3.63) is 132 Å². The Bertz CT molecular complexity index is 2140. The Kier molecular flexibility index (Phi) is 23.0. The molecule has 0 fully saturated rings. The Labute approximate surface area is 408 Å². The van der Waals surface area contributed by atoms with Crippen LogP contribution in [0.3, 0.4) is 0 Å². The summed E-state index contributed by atoms with van der Waals surface area (Å²) in [5.74, 6) is 4.00. The maximum absolute atomic E-state index is 6.08. The van der Waals surface area contributed by atoms with Gasteiger partial charge in [0.25, 0.3) is 0 Å². The van der Waals surface area contributed by atoms with E-state index in [2.05, 4.69) is 190 Å². The molecule has 0 amide bonds. The Hall–Kier alpha value is -2.62. The summed E-state index contributed by atoms with van der Waals surface area (Å²) >= 11 is 1.36. The first-order valence-corrected chi connectivity index (χ1v) is 25.4. The number of benzene rings is 4. The molecule has 0 saturated carbocycles. The van der Waals surface area contributed by atoms with Gasteiger partial charge in [-0.3, -0.25) is 0 Å². The summed E-state index contributed by atoms with van der Waals surface area (Å²) in [7, 11) is 3.62. The van der Waals surface area contributed by atoms with Crippen molar-refractivity contribution in [3.8, 4) is 33.8 Å². The number of rotatable bonds is 8. The van der Waals surface area contributed by atoms with Crippen molar-refractivity contribution < 1.29 is 32.8 Å². The van der Waals surface area contributed by atoms with E-state index in [0.717, 1.165) is 11.5 Å². The summed E-state index contributed by atoms with van der Waals surface area (Å²) in [4.78, 5) is 0. The van der Waals surface area contributed by atoms with Crippen LogP contribution in [0.2, 0.25) is 0 Å². The van der Waals surface area contributed by atoms with Gasteiger partial charge in [-0.25, -0.2) is 0 Å². The van der Waals surface area contributed by atoms with Gasteiger partial charge in [0.15, 0.2) is 0 Å². The van der Waals surface area contributed by atoms with E-state index in [1.165, 1.54) is 112 Å². The molecule has 0 saturated heterocycles. The maximum atomic E-state index is 6.08. The van der Waals surface area contributed by atoms with E-state index in [4.69, 9.17) is 9.47 Å². The molecule has 0 aliphatic heterocycles. The molecule has 2 radical (unpaired) electrons. The van der Waals surface area contributed by atoms with Crippen molar-refractivity contribution in [1.82, 2.24) is 0 Å². The zero-order chi connectivity index (χ0) is 43.6. The van der Waals surface area contributed by atoms with Gasteiger partial charge < -0.3 is 24.3 Å². The minimum absolute atomic E-state index is 0. The van der Waals surface area contributed by atoms with Crippen molar-refractivity contribution in [1.29, 1.82) is 0 Å². The molecule has 0 atom stereocenters. The molecule has 6 aromatic carbocycles. The molecule has 0 aliphatic rings. The van der Waals surface area contributed by atoms with Gasteiger partial charge in [-0.1, -0.05) is 147 Å². The average molecular weight is 973 g/mol. The topological polar surface area (TPSA) is 18.5 Å². The first-order chi connectivity index (χ1) is 27.0. The number of hydrogen-bond acceptors (Lipinski definition) is 2. The first-order valence-electron chi connectivity index (χ1n) is 21.2. The van der Waals surface area contributed by atoms with Crippen molar-refractivity contribution in [3.63, 3.8) is 0 Å². The fourth-order valence-corrected chi connectivity index (χ4v) is 8.07. The summed E-state index contributed by atoms with van der Waals surface area (Å²) in [6.45, 7) is 39.2. The zero-order valence-electron chi connectivity index (χ0n) is 41.9. The second-order valence-electron chi connectivity index (χ2n) is 19.6. The molecule has 0 spiro atoms. The van der Waals surface area contributed by atoms with Crippen LogP contribution >= 0.6 is 24.8 Å². The first kappa shape index (κ1) is 59.4. The minimum atomic E-state index is 0. The SMILES string of the molecule is COc1c(C(C)(C)C)cc2[cH-]c(C)cc2c1-c1cc(C(C)C)cc(C(C)C)c1.COc1c(C(C)(C)C)cc2[cH-]c(C)cc2c1-c1cc(C(C)C)cc(C(C)C)c1.Cl.Cl.[CH3-].[CH3-].[Si]=[Zr]. The van der Waals surface area contributed by atoms with Crippen LogP contribution in [0, 0.1) is 28.7 Å². The van der Waals surface area contributed by atoms with Crippen molar-refractivity contribution in [2.45, 2.75) is 145 Å². The Morgan fingerprint density at radius 3 is 0.935 bits per heavy atom. The number of methoxy groups -OCH3 is 2. The van der Waals surface area contributed by atoms with Crippen LogP contribution in [0.1, 0.15) is 165 Å². The molecular weight excluding hydrogens is 895 g/mol. The predicted octanol–water partition coefficient (Wildman–Crippen LogP) is 17.5. The summed E-state index contributed by atoms with van der Waals surface area (Å²) in [6, 6.07) is 28.0. The molecule has 340 valence electrons. The third-order valence-corrected chi connectivity index (χ3v) is 11.4. The Morgan fingerprint density at radius 1 is 0.468 bits per heavy atom. The number of fused-ring (bicyclic) bond motifs is 2. The number of aryl methyl sites for hydroxylation is 2. The Balaban J connectivity index is 0.00000109. The molecule has 2 nitrogen and oxygen atoms in total. The van der Waals surface area contributed by atoms with E-state index < -0.39 is 0 Å². The van der Waals surface area contributed by atoms with Gasteiger partial charge in [-0.2, -0.15) is 12.1 Å². The van der Waals surface area contributed by atoms with Crippen LogP contribution in [0.15, 0.2) is 72.8 Å². The fourth-order valence-electron chi connectivity index (χ4n) is 8.07. The van der Waals surface area contributed by atoms with Crippen molar-refractivity contribution in [2.24, 2.45) is 0 Å². The van der Waals surface area contributed by atoms with Crippen LogP contribution in [-0.2, 0) is 34.2 Å². The van der Waals surface area contributed by atoms with Crippen LogP contribution in [0.5, 0.6) is 11.5 Å². The second kappa shape index (κ2) is 24.1. The fraction of sp³-hybridized carbons (Fsp3) is 0.429. The molecule has 6 rings (SSSR count). The zero-order valence-corrected chi connectivity index (χ0v) is 47.0. The molecule has 0 aliphatic carbocycles. The van der Waals surface area contributed by atoms with E-state index in [1.54, 1.807) is 0 Å². The molecule has 6 aromatic rings. The number of halogens is 2. The van der Waals surface area contributed by atoms with Crippen LogP contribution < -0.4 is 9.47 Å². The molecular formula is C56H78Cl2O2SiZr-4. The molecule has 0 N–H and O–H groups in total. The third kappa shape index (κ3) is 13.2. The van der Waals surface area contributed by atoms with Gasteiger partial charge in [0, 0.05) is 0 Å². The summed E-state index contributed by atoms with van der Waals surface area (Å²) in [6.07, 6.45) is 0. The van der Waals surface area contributed by atoms with E-state index >= 15 is 0 Å². The van der Waals surface area contributed by atoms with Gasteiger partial charge >= 0.3 is 30.2 Å². The molecule has 0 unspecified atom stereocenters. The van der Waals surface area contributed by atoms with E-state index in [9.17, 15) is 0 Å². The predicted molar refractivity (Wildman–Crippen MR) is 279 cm³/mol. The van der Waals surface area contributed by atoms with Gasteiger partial charge in [0.1, 0.15) is 11.5 Å². The molecule has 62 heavy (non-hydrogen) atoms. The van der Waals surface area contributed by atoms with Gasteiger partial charge in [-0.05, 0) is 90.1 Å². The molecule has 6 heteroatoms. The Morgan fingerprint density at radius 2 is 0.726 bits per heavy atom. The monoisotopic (exact) mass is 970 g/mol. The summed E-state index contributed by atoms with van der Waals surface area (Å²) in [5, 5.41) is 5.19. The van der Waals surface area contributed by atoms with Gasteiger partial charge in [0.05, 0.1) is 14.2 Å². The van der Waals surface area contributed by atoms with Gasteiger partial charge in [-0.15, -0.1) is 81.8 Å². The standard InChI is InChI=1S/2C27H35O.2CH3.2ClH.Si.Zr/c2*1-16(2)19-12-20(17(3)4)14-22(13-19)25-23-11-18(5)10-21(23)15-24(26(25)28-9)27(6,7)8;;;;;;/h2*10-17H,1-9H3;2*1H3;2*1H;;/q4*-1;;;;. The van der Waals surface area contributed by atoms with E-state index in [-0.39, 0.29) is 50.5 Å². The average Bonchev–Trinajstić information content (AvgIpc) is 3.73. The quantitative estimate of drug-likeness (QED) is 0.112. The molecule has 0 heterocycles. The molecule has 0 bridgehead atoms. The number of ether oxygens (including phenoxy) is 2. The van der Waals surface area contributed by atoms with Crippen LogP contribution in [-0.4, -0.2) is 21.1 Å². The third-order valence-electron chi connectivity index (χ3n) is 11.4. The summed E-state index contributed by atoms with van der Waals surface area (Å²) in [5.41, 5.74) is 15.7. The van der Waals surface area contributed by atoms with Crippen LogP contribution in [0.4, 0.5) is 0 Å². The van der Waals surface area contributed by atoms with Gasteiger partial charge in [0.2, 0.25) is 0 Å². The summed E-state index contributed by atoms with van der Waals surface area (Å²) < 4.78 is 12.2. The van der Waals surface area contributed by atoms with Crippen LogP contribution in [0.25, 0.3) is 43.8 Å². The molecule has 0 aromatic heterocycles. The number of hydrogen-bond donors (Lipinski definition) is 0. The van der Waals surface area contributed by atoms with Crippen molar-refractivity contribution >= 4 is 53.2 Å². The second-order valence-corrected chi connectivity index (χ2v) is 19.6. The van der Waals surface area contributed by atoms with E-state index in [1.807, 2.05) is 14.2 Å². The van der Waals surface area contributed by atoms with Crippen molar-refractivity contribution in [2.75, 3.05) is 14.2 Å².